The number of nitrogens with one attached hydrogen (secondary N) is 1. The number of fused-ring (bicyclic) bond motifs is 1. The minimum Gasteiger partial charge on any atom is -0.467 e. The molecule has 26 heavy (non-hydrogen) atoms. The zero-order valence-corrected chi connectivity index (χ0v) is 14.7. The maximum Gasteiger partial charge on any atom is 0.203 e. The lowest BCUT2D eigenvalue weighted by molar-refractivity contribution is 0.130. The van der Waals surface area contributed by atoms with Crippen LogP contribution in [0.15, 0.2) is 71.3 Å². The average Bonchev–Trinajstić information content (AvgIpc) is 3.27. The summed E-state index contributed by atoms with van der Waals surface area (Å²) in [6.07, 6.45) is 0.713. The summed E-state index contributed by atoms with van der Waals surface area (Å²) in [4.78, 5) is 0. The van der Waals surface area contributed by atoms with Gasteiger partial charge in [0.2, 0.25) is 5.62 Å². The molecule has 132 valence electrons. The smallest absolute Gasteiger partial charge is 0.203 e. The number of nitrogens with zero attached hydrogens (tertiary/aromatic N) is 2. The van der Waals surface area contributed by atoms with Gasteiger partial charge >= 0.3 is 0 Å². The highest BCUT2D eigenvalue weighted by Crippen LogP contribution is 2.21. The van der Waals surface area contributed by atoms with Crippen LogP contribution in [0.1, 0.15) is 17.4 Å². The van der Waals surface area contributed by atoms with Crippen molar-refractivity contribution >= 4 is 22.6 Å². The lowest BCUT2D eigenvalue weighted by atomic mass is 10.2. The fourth-order valence-electron chi connectivity index (χ4n) is 3.18. The van der Waals surface area contributed by atoms with Gasteiger partial charge in [-0.2, -0.15) is 0 Å². The van der Waals surface area contributed by atoms with Gasteiger partial charge < -0.3 is 18.7 Å². The number of halogens is 1. The number of hydrogen-bond donors (Lipinski definition) is 2. The van der Waals surface area contributed by atoms with Crippen molar-refractivity contribution in [3.05, 3.63) is 88.9 Å². The van der Waals surface area contributed by atoms with Crippen LogP contribution in [0.5, 0.6) is 0 Å². The Hall–Kier alpha value is -2.76. The quantitative estimate of drug-likeness (QED) is 0.560. The molecule has 0 radical (unpaired) electrons. The molecule has 0 unspecified atom stereocenters. The highest BCUT2D eigenvalue weighted by Gasteiger charge is 2.17. The van der Waals surface area contributed by atoms with E-state index in [-0.39, 0.29) is 6.54 Å². The minimum absolute atomic E-state index is 0.238. The lowest BCUT2D eigenvalue weighted by Gasteiger charge is -2.10. The van der Waals surface area contributed by atoms with Gasteiger partial charge in [-0.3, -0.25) is 5.41 Å². The van der Waals surface area contributed by atoms with Gasteiger partial charge in [-0.1, -0.05) is 41.9 Å². The van der Waals surface area contributed by atoms with Crippen molar-refractivity contribution in [1.29, 1.82) is 5.41 Å². The van der Waals surface area contributed by atoms with Crippen LogP contribution in [-0.2, 0) is 13.1 Å². The van der Waals surface area contributed by atoms with E-state index < -0.39 is 6.10 Å². The van der Waals surface area contributed by atoms with Crippen molar-refractivity contribution in [2.45, 2.75) is 19.2 Å². The molecule has 2 aromatic carbocycles. The number of rotatable bonds is 5. The number of furan rings is 1. The number of benzene rings is 2. The SMILES string of the molecule is N=c1n(Cc2ccccc2Cl)c2ccccc2n1C[C@H](O)c1ccco1. The molecule has 4 aromatic rings. The van der Waals surface area contributed by atoms with Crippen LogP contribution >= 0.6 is 11.6 Å². The molecule has 0 aliphatic rings. The Morgan fingerprint density at radius 2 is 1.65 bits per heavy atom. The maximum absolute atomic E-state index is 10.5. The van der Waals surface area contributed by atoms with E-state index in [0.29, 0.717) is 22.9 Å². The molecule has 0 spiro atoms. The molecule has 2 N–H and O–H groups in total. The predicted molar refractivity (Wildman–Crippen MR) is 100 cm³/mol. The molecular formula is C20H18ClN3O2. The van der Waals surface area contributed by atoms with Gasteiger partial charge in [0.15, 0.2) is 0 Å². The van der Waals surface area contributed by atoms with Crippen LogP contribution in [0.3, 0.4) is 0 Å². The van der Waals surface area contributed by atoms with Gasteiger partial charge in [0.25, 0.3) is 0 Å². The second-order valence-corrected chi connectivity index (χ2v) is 6.54. The Morgan fingerprint density at radius 3 is 2.35 bits per heavy atom. The fourth-order valence-corrected chi connectivity index (χ4v) is 3.38. The van der Waals surface area contributed by atoms with Crippen LogP contribution in [0.2, 0.25) is 5.02 Å². The molecule has 4 rings (SSSR count). The Labute approximate surface area is 155 Å². The minimum atomic E-state index is -0.821. The maximum atomic E-state index is 10.5. The second kappa shape index (κ2) is 6.86. The highest BCUT2D eigenvalue weighted by atomic mass is 35.5. The normalized spacial score (nSPS) is 12.5. The van der Waals surface area contributed by atoms with E-state index in [2.05, 4.69) is 0 Å². The van der Waals surface area contributed by atoms with Crippen molar-refractivity contribution in [2.24, 2.45) is 0 Å². The van der Waals surface area contributed by atoms with Gasteiger partial charge in [0.05, 0.1) is 30.4 Å². The summed E-state index contributed by atoms with van der Waals surface area (Å²) in [5.41, 5.74) is 3.05. The van der Waals surface area contributed by atoms with Crippen LogP contribution < -0.4 is 5.62 Å². The summed E-state index contributed by atoms with van der Waals surface area (Å²) in [5, 5.41) is 19.8. The molecule has 0 bridgehead atoms. The molecule has 2 heterocycles. The molecule has 0 amide bonds. The van der Waals surface area contributed by atoms with E-state index in [9.17, 15) is 5.11 Å². The van der Waals surface area contributed by atoms with Gasteiger partial charge in [-0.25, -0.2) is 0 Å². The third-order valence-corrected chi connectivity index (χ3v) is 4.86. The zero-order chi connectivity index (χ0) is 18.1. The Balaban J connectivity index is 1.78. The van der Waals surface area contributed by atoms with Crippen molar-refractivity contribution in [3.8, 4) is 0 Å². The van der Waals surface area contributed by atoms with E-state index in [1.165, 1.54) is 6.26 Å². The fraction of sp³-hybridized carbons (Fsp3) is 0.150. The summed E-state index contributed by atoms with van der Waals surface area (Å²) in [6.45, 7) is 0.727. The van der Waals surface area contributed by atoms with Crippen LogP contribution in [0.25, 0.3) is 11.0 Å². The second-order valence-electron chi connectivity index (χ2n) is 6.13. The molecule has 0 aliphatic heterocycles. The predicted octanol–water partition coefficient (Wildman–Crippen LogP) is 3.95. The van der Waals surface area contributed by atoms with E-state index in [1.807, 2.05) is 53.1 Å². The Morgan fingerprint density at radius 1 is 0.962 bits per heavy atom. The number of aliphatic hydroxyl groups is 1. The zero-order valence-electron chi connectivity index (χ0n) is 14.0. The van der Waals surface area contributed by atoms with Crippen molar-refractivity contribution in [2.75, 3.05) is 0 Å². The number of hydrogen-bond acceptors (Lipinski definition) is 3. The summed E-state index contributed by atoms with van der Waals surface area (Å²) in [7, 11) is 0. The lowest BCUT2D eigenvalue weighted by Crippen LogP contribution is -2.27. The van der Waals surface area contributed by atoms with Crippen LogP contribution in [0.4, 0.5) is 0 Å². The molecule has 5 nitrogen and oxygen atoms in total. The van der Waals surface area contributed by atoms with E-state index >= 15 is 0 Å². The molecule has 1 atom stereocenters. The number of aliphatic hydroxyl groups excluding tert-OH is 1. The average molecular weight is 368 g/mol. The van der Waals surface area contributed by atoms with E-state index in [1.54, 1.807) is 16.7 Å². The molecule has 2 aromatic heterocycles. The molecule has 0 saturated carbocycles. The number of para-hydroxylation sites is 2. The molecule has 0 saturated heterocycles. The monoisotopic (exact) mass is 367 g/mol. The molecule has 0 fully saturated rings. The molecule has 6 heteroatoms. The third-order valence-electron chi connectivity index (χ3n) is 4.49. The summed E-state index contributed by atoms with van der Waals surface area (Å²) >= 11 is 6.30. The van der Waals surface area contributed by atoms with Crippen molar-refractivity contribution < 1.29 is 9.52 Å². The molecule has 0 aliphatic carbocycles. The first-order chi connectivity index (χ1) is 12.6. The van der Waals surface area contributed by atoms with Crippen molar-refractivity contribution in [3.63, 3.8) is 0 Å². The Bertz CT molecular complexity index is 1100. The third kappa shape index (κ3) is 2.96. The van der Waals surface area contributed by atoms with Gasteiger partial charge in [0, 0.05) is 5.02 Å². The first-order valence-corrected chi connectivity index (χ1v) is 8.70. The summed E-state index contributed by atoms with van der Waals surface area (Å²) < 4.78 is 8.97. The topological polar surface area (TPSA) is 67.1 Å². The largest absolute Gasteiger partial charge is 0.467 e. The number of aromatic nitrogens is 2. The number of imidazole rings is 1. The van der Waals surface area contributed by atoms with Crippen LogP contribution in [0, 0.1) is 5.41 Å². The van der Waals surface area contributed by atoms with Crippen LogP contribution in [-0.4, -0.2) is 14.2 Å². The Kier molecular flexibility index (Phi) is 4.41. The summed E-state index contributed by atoms with van der Waals surface area (Å²) in [6, 6.07) is 18.9. The first-order valence-electron chi connectivity index (χ1n) is 8.32. The standard InChI is InChI=1S/C20H18ClN3O2/c21-15-7-2-1-6-14(15)12-23-16-8-3-4-9-17(16)24(20(23)22)13-18(25)19-10-5-11-26-19/h1-11,18,22,25H,12-13H2/t18-/m0/s1. The molecular weight excluding hydrogens is 350 g/mol. The van der Waals surface area contributed by atoms with Gasteiger partial charge in [-0.05, 0) is 35.9 Å². The van der Waals surface area contributed by atoms with E-state index in [4.69, 9.17) is 21.4 Å². The van der Waals surface area contributed by atoms with Crippen molar-refractivity contribution in [1.82, 2.24) is 9.13 Å². The van der Waals surface area contributed by atoms with E-state index in [0.717, 1.165) is 16.6 Å². The van der Waals surface area contributed by atoms with Gasteiger partial charge in [-0.15, -0.1) is 0 Å². The summed E-state index contributed by atoms with van der Waals surface area (Å²) in [5.74, 6) is 0.486. The first kappa shape index (κ1) is 16.7. The van der Waals surface area contributed by atoms with Gasteiger partial charge in [0.1, 0.15) is 11.9 Å². The highest BCUT2D eigenvalue weighted by molar-refractivity contribution is 6.31.